The Bertz CT molecular complexity index is 1020. The van der Waals surface area contributed by atoms with E-state index in [0.717, 1.165) is 46.7 Å². The maximum atomic E-state index is 12.5. The molecule has 0 atom stereocenters. The van der Waals surface area contributed by atoms with Gasteiger partial charge in [-0.25, -0.2) is 4.79 Å². The van der Waals surface area contributed by atoms with E-state index in [4.69, 9.17) is 0 Å². The van der Waals surface area contributed by atoms with Gasteiger partial charge in [-0.2, -0.15) is 0 Å². The van der Waals surface area contributed by atoms with Crippen LogP contribution in [-0.2, 0) is 0 Å². The minimum absolute atomic E-state index is 0.194. The van der Waals surface area contributed by atoms with Crippen LogP contribution < -0.4 is 15.5 Å². The minimum atomic E-state index is -0.194. The summed E-state index contributed by atoms with van der Waals surface area (Å²) >= 11 is 0. The van der Waals surface area contributed by atoms with Crippen LogP contribution >= 0.6 is 0 Å². The van der Waals surface area contributed by atoms with Crippen molar-refractivity contribution >= 4 is 23.1 Å². The average molecular weight is 369 g/mol. The molecule has 0 aromatic heterocycles. The largest absolute Gasteiger partial charge is 0.371 e. The van der Waals surface area contributed by atoms with Crippen molar-refractivity contribution in [3.8, 4) is 22.3 Å². The molecule has 0 radical (unpaired) electrons. The van der Waals surface area contributed by atoms with Crippen LogP contribution in [0.4, 0.5) is 21.9 Å². The zero-order valence-corrected chi connectivity index (χ0v) is 15.7. The maximum absolute atomic E-state index is 12.5. The van der Waals surface area contributed by atoms with Crippen molar-refractivity contribution in [1.82, 2.24) is 0 Å². The third kappa shape index (κ3) is 3.01. The Hall–Kier alpha value is -3.27. The van der Waals surface area contributed by atoms with Gasteiger partial charge in [0.15, 0.2) is 0 Å². The summed E-state index contributed by atoms with van der Waals surface area (Å²) in [7, 11) is 0. The standard InChI is InChI=1S/C24H23N3O/c28-24-25-21-12-6-5-11-19(21)23-20(17-9-3-1-4-10-17)15-18(16-22(23)26-24)27-13-7-2-8-14-27/h1,3-6,9-12,15-16H,2,7-8,13-14H2,(H2,25,26,28). The van der Waals surface area contributed by atoms with Crippen LogP contribution in [0, 0.1) is 0 Å². The monoisotopic (exact) mass is 369 g/mol. The maximum Gasteiger partial charge on any atom is 0.323 e. The van der Waals surface area contributed by atoms with Crippen LogP contribution in [0.3, 0.4) is 0 Å². The first-order chi connectivity index (χ1) is 13.8. The first-order valence-electron chi connectivity index (χ1n) is 9.95. The molecule has 2 amide bonds. The molecule has 4 nitrogen and oxygen atoms in total. The molecular weight excluding hydrogens is 346 g/mol. The number of nitrogens with zero attached hydrogens (tertiary/aromatic N) is 1. The molecule has 4 heteroatoms. The Kier molecular flexibility index (Phi) is 4.24. The van der Waals surface area contributed by atoms with Gasteiger partial charge in [0.25, 0.3) is 0 Å². The Balaban J connectivity index is 1.77. The van der Waals surface area contributed by atoms with Crippen LogP contribution in [0.2, 0.25) is 0 Å². The highest BCUT2D eigenvalue weighted by atomic mass is 16.2. The van der Waals surface area contributed by atoms with Gasteiger partial charge in [-0.05, 0) is 48.6 Å². The van der Waals surface area contributed by atoms with Crippen LogP contribution in [0.25, 0.3) is 22.3 Å². The lowest BCUT2D eigenvalue weighted by Crippen LogP contribution is -2.29. The predicted octanol–water partition coefficient (Wildman–Crippen LogP) is 5.97. The molecule has 0 saturated carbocycles. The lowest BCUT2D eigenvalue weighted by atomic mass is 9.91. The lowest BCUT2D eigenvalue weighted by Gasteiger charge is -2.30. The number of rotatable bonds is 2. The summed E-state index contributed by atoms with van der Waals surface area (Å²) < 4.78 is 0. The summed E-state index contributed by atoms with van der Waals surface area (Å²) in [4.78, 5) is 14.9. The average Bonchev–Trinajstić information content (AvgIpc) is 2.89. The van der Waals surface area contributed by atoms with E-state index in [1.54, 1.807) is 0 Å². The SMILES string of the molecule is O=C1Nc2ccccc2-c2c(cc(N3CCCCC3)cc2-c2ccccc2)N1. The van der Waals surface area contributed by atoms with E-state index in [9.17, 15) is 4.79 Å². The summed E-state index contributed by atoms with van der Waals surface area (Å²) in [6.45, 7) is 2.13. The van der Waals surface area contributed by atoms with Gasteiger partial charge in [-0.3, -0.25) is 0 Å². The van der Waals surface area contributed by atoms with Crippen LogP contribution in [-0.4, -0.2) is 19.1 Å². The van der Waals surface area contributed by atoms with Crippen molar-refractivity contribution in [2.24, 2.45) is 0 Å². The second-order valence-corrected chi connectivity index (χ2v) is 7.45. The quantitative estimate of drug-likeness (QED) is 0.585. The van der Waals surface area contributed by atoms with Gasteiger partial charge < -0.3 is 15.5 Å². The summed E-state index contributed by atoms with van der Waals surface area (Å²) in [5, 5.41) is 6.07. The lowest BCUT2D eigenvalue weighted by molar-refractivity contribution is 0.262. The molecule has 3 aromatic carbocycles. The molecule has 1 fully saturated rings. The molecule has 5 rings (SSSR count). The zero-order chi connectivity index (χ0) is 18.9. The van der Waals surface area contributed by atoms with Crippen LogP contribution in [0.15, 0.2) is 66.7 Å². The van der Waals surface area contributed by atoms with E-state index < -0.39 is 0 Å². The van der Waals surface area contributed by atoms with Gasteiger partial charge in [0, 0.05) is 29.9 Å². The molecule has 140 valence electrons. The third-order valence-corrected chi connectivity index (χ3v) is 5.62. The summed E-state index contributed by atoms with van der Waals surface area (Å²) in [6.07, 6.45) is 3.73. The van der Waals surface area contributed by atoms with E-state index in [1.165, 1.54) is 24.9 Å². The number of carbonyl (C=O) groups excluding carboxylic acids is 1. The Morgan fingerprint density at radius 1 is 0.714 bits per heavy atom. The number of hydrogen-bond donors (Lipinski definition) is 2. The molecule has 0 aliphatic carbocycles. The fourth-order valence-corrected chi connectivity index (χ4v) is 4.28. The van der Waals surface area contributed by atoms with Gasteiger partial charge in [0.05, 0.1) is 11.4 Å². The van der Waals surface area contributed by atoms with Crippen molar-refractivity contribution in [3.05, 3.63) is 66.7 Å². The molecule has 1 saturated heterocycles. The fourth-order valence-electron chi connectivity index (χ4n) is 4.28. The molecule has 0 spiro atoms. The molecule has 28 heavy (non-hydrogen) atoms. The third-order valence-electron chi connectivity index (χ3n) is 5.62. The Labute approximate surface area is 165 Å². The number of amides is 2. The predicted molar refractivity (Wildman–Crippen MR) is 116 cm³/mol. The molecule has 2 aliphatic rings. The number of fused-ring (bicyclic) bond motifs is 3. The zero-order valence-electron chi connectivity index (χ0n) is 15.7. The van der Waals surface area contributed by atoms with E-state index in [2.05, 4.69) is 58.0 Å². The van der Waals surface area contributed by atoms with Crippen molar-refractivity contribution in [1.29, 1.82) is 0 Å². The second-order valence-electron chi connectivity index (χ2n) is 7.45. The van der Waals surface area contributed by atoms with Crippen molar-refractivity contribution < 1.29 is 4.79 Å². The van der Waals surface area contributed by atoms with E-state index in [1.807, 2.05) is 24.3 Å². The number of nitrogens with one attached hydrogen (secondary N) is 2. The van der Waals surface area contributed by atoms with Crippen LogP contribution in [0.1, 0.15) is 19.3 Å². The van der Waals surface area contributed by atoms with E-state index in [-0.39, 0.29) is 6.03 Å². The highest BCUT2D eigenvalue weighted by molar-refractivity contribution is 6.12. The molecule has 3 aromatic rings. The summed E-state index contributed by atoms with van der Waals surface area (Å²) in [5.41, 5.74) is 7.29. The molecular formula is C24H23N3O. The number of piperidine rings is 1. The molecule has 2 N–H and O–H groups in total. The van der Waals surface area contributed by atoms with Gasteiger partial charge in [-0.1, -0.05) is 48.5 Å². The Morgan fingerprint density at radius 2 is 1.43 bits per heavy atom. The molecule has 2 aliphatic heterocycles. The second kappa shape index (κ2) is 7.04. The van der Waals surface area contributed by atoms with Gasteiger partial charge in [0.2, 0.25) is 0 Å². The van der Waals surface area contributed by atoms with Crippen molar-refractivity contribution in [2.45, 2.75) is 19.3 Å². The normalized spacial score (nSPS) is 15.7. The number of anilines is 3. The number of hydrogen-bond acceptors (Lipinski definition) is 2. The topological polar surface area (TPSA) is 44.4 Å². The minimum Gasteiger partial charge on any atom is -0.371 e. The van der Waals surface area contributed by atoms with Gasteiger partial charge in [-0.15, -0.1) is 0 Å². The Morgan fingerprint density at radius 3 is 2.25 bits per heavy atom. The first-order valence-corrected chi connectivity index (χ1v) is 9.95. The molecule has 0 unspecified atom stereocenters. The van der Waals surface area contributed by atoms with Crippen molar-refractivity contribution in [2.75, 3.05) is 28.6 Å². The summed E-state index contributed by atoms with van der Waals surface area (Å²) in [6, 6.07) is 22.7. The van der Waals surface area contributed by atoms with E-state index in [0.29, 0.717) is 0 Å². The number of benzene rings is 3. The fraction of sp³-hybridized carbons (Fsp3) is 0.208. The van der Waals surface area contributed by atoms with Gasteiger partial charge in [0.1, 0.15) is 0 Å². The first kappa shape index (κ1) is 16.9. The van der Waals surface area contributed by atoms with Gasteiger partial charge >= 0.3 is 6.03 Å². The number of carbonyl (C=O) groups is 1. The van der Waals surface area contributed by atoms with E-state index >= 15 is 0 Å². The number of para-hydroxylation sites is 1. The highest BCUT2D eigenvalue weighted by Crippen LogP contribution is 2.45. The van der Waals surface area contributed by atoms with Crippen LogP contribution in [0.5, 0.6) is 0 Å². The van der Waals surface area contributed by atoms with Crippen molar-refractivity contribution in [3.63, 3.8) is 0 Å². The summed E-state index contributed by atoms with van der Waals surface area (Å²) in [5.74, 6) is 0. The smallest absolute Gasteiger partial charge is 0.323 e. The molecule has 0 bridgehead atoms. The molecule has 2 heterocycles. The highest BCUT2D eigenvalue weighted by Gasteiger charge is 2.24. The number of urea groups is 1.